The highest BCUT2D eigenvalue weighted by Gasteiger charge is 2.47. The molecular weight excluding hydrogens is 1290 g/mol. The summed E-state index contributed by atoms with van der Waals surface area (Å²) in [6.45, 7) is 32.8. The van der Waals surface area contributed by atoms with E-state index in [1.165, 1.54) is 167 Å². The van der Waals surface area contributed by atoms with Crippen LogP contribution in [0.1, 0.15) is 278 Å². The first-order valence-corrected chi connectivity index (χ1v) is 41.4. The lowest BCUT2D eigenvalue weighted by molar-refractivity contribution is -0.140. The molecule has 1 unspecified atom stereocenters. The lowest BCUT2D eigenvalue weighted by Crippen LogP contribution is -2.46. The number of likely N-dealkylation sites (tertiary alicyclic amines) is 4. The summed E-state index contributed by atoms with van der Waals surface area (Å²) in [6.07, 6.45) is 28.0. The molecule has 4 aromatic carbocycles. The molecule has 4 aromatic rings. The fourth-order valence-corrected chi connectivity index (χ4v) is 19.3. The third kappa shape index (κ3) is 20.9. The van der Waals surface area contributed by atoms with Crippen molar-refractivity contribution in [2.45, 2.75) is 249 Å². The van der Waals surface area contributed by atoms with Crippen molar-refractivity contribution in [3.05, 3.63) is 153 Å². The molecule has 5 aliphatic carbocycles. The van der Waals surface area contributed by atoms with Crippen LogP contribution in [0, 0.1) is 17.3 Å². The van der Waals surface area contributed by atoms with Gasteiger partial charge in [0.25, 0.3) is 0 Å². The second kappa shape index (κ2) is 35.1. The van der Waals surface area contributed by atoms with Crippen molar-refractivity contribution in [2.24, 2.45) is 17.3 Å². The number of nitrogens with one attached hydrogen (secondary N) is 4. The number of sulfonamides is 1. The summed E-state index contributed by atoms with van der Waals surface area (Å²) < 4.78 is 31.0. The van der Waals surface area contributed by atoms with Crippen molar-refractivity contribution in [1.29, 1.82) is 0 Å². The number of benzene rings is 4. The maximum Gasteiger partial charge on any atom is 0.305 e. The highest BCUT2D eigenvalue weighted by atomic mass is 32.2. The number of ether oxygens (including phenoxy) is 1. The van der Waals surface area contributed by atoms with Gasteiger partial charge in [0.2, 0.25) is 27.7 Å². The summed E-state index contributed by atoms with van der Waals surface area (Å²) in [5.41, 5.74) is 14.0. The van der Waals surface area contributed by atoms with Gasteiger partial charge in [-0.1, -0.05) is 143 Å². The molecule has 3 amide bonds. The van der Waals surface area contributed by atoms with Gasteiger partial charge >= 0.3 is 5.97 Å². The van der Waals surface area contributed by atoms with Crippen molar-refractivity contribution in [3.63, 3.8) is 0 Å². The smallest absolute Gasteiger partial charge is 0.305 e. The number of methoxy groups -OCH3 is 1. The normalized spacial score (nSPS) is 23.4. The van der Waals surface area contributed by atoms with Gasteiger partial charge in [-0.05, 0) is 298 Å². The number of fused-ring (bicyclic) bond motifs is 8. The molecule has 0 radical (unpaired) electrons. The Hall–Kier alpha value is -5.75. The third-order valence-electron chi connectivity index (χ3n) is 24.9. The Labute approximate surface area is 620 Å². The number of esters is 1. The maximum atomic E-state index is 12.3. The van der Waals surface area contributed by atoms with E-state index in [-0.39, 0.29) is 64.4 Å². The maximum absolute atomic E-state index is 12.3. The second-order valence-electron chi connectivity index (χ2n) is 34.2. The minimum atomic E-state index is -3.19. The lowest BCUT2D eigenvalue weighted by atomic mass is 9.63. The number of carbonyl (C=O) groups excluding carboxylic acids is 4. The molecule has 5 fully saturated rings. The number of amides is 3. The Kier molecular flexibility index (Phi) is 27.1. The van der Waals surface area contributed by atoms with E-state index in [0.717, 1.165) is 116 Å². The Balaban J connectivity index is 0.000000219. The first-order chi connectivity index (χ1) is 48.7. The van der Waals surface area contributed by atoms with E-state index in [2.05, 4.69) is 186 Å². The number of piperidine rings is 4. The Morgan fingerprint density at radius 2 is 0.863 bits per heavy atom. The van der Waals surface area contributed by atoms with Crippen molar-refractivity contribution < 1.29 is 38.0 Å². The number of carbonyl (C=O) groups is 4. The SMILES string of the molecule is CC(=O)NC1CCC2(CCN(CC=C(C)C)CC2)c2ccccc21.CC(C)(C)CCN1CCC2(CC[C@H](NC(=O)C3CC3)c3ccccc32)CC1.CC(C)CCN1CCC2(CC[C@H](NS(C)(=O)=O)c3ccccc32)CC1.COC(=O)CCCN1CCC2(CC[C@H](NC(C)=O)c3ccccc32)CC1.[HH].[HH].[HH].[HH]. The number of rotatable bonds is 17. The van der Waals surface area contributed by atoms with E-state index >= 15 is 0 Å². The molecule has 16 heteroatoms. The van der Waals surface area contributed by atoms with Crippen LogP contribution in [0.25, 0.3) is 0 Å². The van der Waals surface area contributed by atoms with Gasteiger partial charge in [0.1, 0.15) is 0 Å². The summed E-state index contributed by atoms with van der Waals surface area (Å²) in [4.78, 5) is 57.0. The van der Waals surface area contributed by atoms with Gasteiger partial charge in [-0.25, -0.2) is 13.1 Å². The highest BCUT2D eigenvalue weighted by molar-refractivity contribution is 7.88. The largest absolute Gasteiger partial charge is 0.469 e. The second-order valence-corrected chi connectivity index (χ2v) is 36.0. The van der Waals surface area contributed by atoms with Crippen LogP contribution in [0.15, 0.2) is 109 Å². The number of nitrogens with zero attached hydrogens (tertiary/aromatic N) is 4. The summed E-state index contributed by atoms with van der Waals surface area (Å²) in [5, 5.41) is 9.62. The molecule has 568 valence electrons. The molecule has 4 heterocycles. The number of hydrogen-bond acceptors (Lipinski definition) is 11. The van der Waals surface area contributed by atoms with E-state index < -0.39 is 10.0 Å². The number of hydrogen-bond donors (Lipinski definition) is 4. The number of allylic oxidation sites excluding steroid dienone is 1. The van der Waals surface area contributed by atoms with Crippen LogP contribution >= 0.6 is 0 Å². The Morgan fingerprint density at radius 3 is 1.22 bits per heavy atom. The van der Waals surface area contributed by atoms with Gasteiger partial charge in [0.05, 0.1) is 31.5 Å². The average Bonchev–Trinajstić information content (AvgIpc) is 1.00. The van der Waals surface area contributed by atoms with Gasteiger partial charge in [-0.15, -0.1) is 0 Å². The van der Waals surface area contributed by atoms with Crippen molar-refractivity contribution in [3.8, 4) is 0 Å². The van der Waals surface area contributed by atoms with Crippen LogP contribution in [0.4, 0.5) is 0 Å². The molecule has 1 saturated carbocycles. The zero-order valence-corrected chi connectivity index (χ0v) is 65.2. The minimum absolute atomic E-state index is 0. The molecule has 9 aliphatic rings. The van der Waals surface area contributed by atoms with Crippen molar-refractivity contribution >= 4 is 33.7 Å². The molecule has 15 nitrogen and oxygen atoms in total. The summed E-state index contributed by atoms with van der Waals surface area (Å²) in [7, 11) is -1.75. The highest BCUT2D eigenvalue weighted by Crippen LogP contribution is 2.52. The average molecular weight is 1430 g/mol. The van der Waals surface area contributed by atoms with Crippen molar-refractivity contribution in [1.82, 2.24) is 40.3 Å². The molecule has 13 rings (SSSR count). The Morgan fingerprint density at radius 1 is 0.510 bits per heavy atom. The van der Waals surface area contributed by atoms with Crippen LogP contribution in [-0.2, 0) is 55.6 Å². The van der Waals surface area contributed by atoms with E-state index in [0.29, 0.717) is 28.6 Å². The van der Waals surface area contributed by atoms with E-state index in [9.17, 15) is 27.6 Å². The summed E-state index contributed by atoms with van der Waals surface area (Å²) >= 11 is 0. The minimum Gasteiger partial charge on any atom is -0.469 e. The van der Waals surface area contributed by atoms with Gasteiger partial charge in [0, 0.05) is 44.5 Å². The standard InChI is InChI=1S/C24H36N2O.C21H30N2O3.C21H30N2O.C20H32N2O2S.4H2/c1-23(2,3)12-15-26-16-13-24(14-17-26)11-10-21(25-22(27)18-8-9-18)19-6-4-5-7-20(19)24;1-16(24)22-19-9-10-21(18-7-4-3-6-17(18)19)11-14-23(15-12-21)13-5-8-20(25)26-2;1-16(2)9-13-23-14-11-21(12-15-23)10-8-20(22-17(3)24)18-6-4-5-7-19(18)21;1-16(2)9-13-22-14-11-20(12-15-22)10-8-19(21-25(3,23)24)17-6-4-5-7-18(17)20;;;;/h4-7,18,21H,8-17H2,1-3H3,(H,25,27);3-4,6-7,19H,5,8-15H2,1-2H3,(H,22,24);4-7,9,20H,8,10-15H2,1-3H3,(H,22,24);4-7,16,19,21H,8-15H2,1-3H3;4*1H/t21-;19-;;19-;;;;/m00.0..../s1. The van der Waals surface area contributed by atoms with Crippen LogP contribution < -0.4 is 20.7 Å². The molecule has 4 spiro atoms. The predicted molar refractivity (Wildman–Crippen MR) is 422 cm³/mol. The van der Waals surface area contributed by atoms with Crippen LogP contribution in [0.2, 0.25) is 0 Å². The van der Waals surface area contributed by atoms with Crippen LogP contribution in [0.3, 0.4) is 0 Å². The Bertz CT molecular complexity index is 3600. The van der Waals surface area contributed by atoms with E-state index in [4.69, 9.17) is 4.74 Å². The molecule has 4 N–H and O–H groups in total. The first-order valence-electron chi connectivity index (χ1n) is 39.5. The van der Waals surface area contributed by atoms with Gasteiger partial charge in [0.15, 0.2) is 0 Å². The third-order valence-corrected chi connectivity index (χ3v) is 25.7. The quantitative estimate of drug-likeness (QED) is 0.0585. The van der Waals surface area contributed by atoms with Gasteiger partial charge < -0.3 is 35.4 Å². The lowest BCUT2D eigenvalue weighted by Gasteiger charge is -2.47. The zero-order valence-electron chi connectivity index (χ0n) is 64.4. The molecule has 4 atom stereocenters. The van der Waals surface area contributed by atoms with E-state index in [1.54, 1.807) is 13.8 Å². The molecule has 4 saturated heterocycles. The molecule has 102 heavy (non-hydrogen) atoms. The van der Waals surface area contributed by atoms with Crippen LogP contribution in [-0.4, -0.2) is 144 Å². The zero-order chi connectivity index (χ0) is 72.9. The predicted octanol–water partition coefficient (Wildman–Crippen LogP) is 16.2. The first kappa shape index (κ1) is 78.8. The molecule has 4 aliphatic heterocycles. The van der Waals surface area contributed by atoms with Gasteiger partial charge in [-0.3, -0.25) is 24.1 Å². The van der Waals surface area contributed by atoms with Crippen molar-refractivity contribution in [2.75, 3.05) is 91.9 Å². The topological polar surface area (TPSA) is 173 Å². The van der Waals surface area contributed by atoms with Gasteiger partial charge in [-0.2, -0.15) is 0 Å². The summed E-state index contributed by atoms with van der Waals surface area (Å²) in [5.74, 6) is 1.32. The fraction of sp³-hybridized carbons (Fsp3) is 0.651. The molecular formula is C86H136N8O7S. The molecule has 0 bridgehead atoms. The summed E-state index contributed by atoms with van der Waals surface area (Å²) in [6, 6.07) is 35.3. The molecule has 0 aromatic heterocycles. The van der Waals surface area contributed by atoms with Crippen LogP contribution in [0.5, 0.6) is 0 Å². The van der Waals surface area contributed by atoms with E-state index in [1.807, 2.05) is 6.07 Å². The fourth-order valence-electron chi connectivity index (χ4n) is 18.6. The monoisotopic (exact) mass is 1430 g/mol.